The zero-order valence-corrected chi connectivity index (χ0v) is 12.4. The molecule has 0 aliphatic carbocycles. The van der Waals surface area contributed by atoms with Gasteiger partial charge in [0.05, 0.1) is 12.1 Å². The summed E-state index contributed by atoms with van der Waals surface area (Å²) in [7, 11) is 0. The maximum Gasteiger partial charge on any atom is 0.230 e. The lowest BCUT2D eigenvalue weighted by molar-refractivity contribution is -0.115. The minimum atomic E-state index is -0.0981. The van der Waals surface area contributed by atoms with Gasteiger partial charge >= 0.3 is 0 Å². The molecule has 0 saturated heterocycles. The van der Waals surface area contributed by atoms with Gasteiger partial charge in [0, 0.05) is 23.5 Å². The molecule has 0 fully saturated rings. The van der Waals surface area contributed by atoms with E-state index in [0.717, 1.165) is 5.69 Å². The molecular formula is C15H13N5OS. The van der Waals surface area contributed by atoms with Gasteiger partial charge in [-0.3, -0.25) is 4.79 Å². The molecule has 3 aromatic rings. The average Bonchev–Trinajstić information content (AvgIpc) is 2.96. The van der Waals surface area contributed by atoms with E-state index in [1.165, 1.54) is 11.3 Å². The molecule has 3 rings (SSSR count). The summed E-state index contributed by atoms with van der Waals surface area (Å²) in [5.74, 6) is 0.385. The Labute approximate surface area is 131 Å². The van der Waals surface area contributed by atoms with E-state index >= 15 is 0 Å². The third-order valence-electron chi connectivity index (χ3n) is 2.74. The van der Waals surface area contributed by atoms with Crippen LogP contribution in [0.2, 0.25) is 0 Å². The van der Waals surface area contributed by atoms with Crippen molar-refractivity contribution in [3.8, 4) is 0 Å². The minimum Gasteiger partial charge on any atom is -0.326 e. The van der Waals surface area contributed by atoms with Gasteiger partial charge in [-0.1, -0.05) is 18.2 Å². The maximum atomic E-state index is 12.0. The van der Waals surface area contributed by atoms with E-state index in [1.807, 2.05) is 35.7 Å². The number of amides is 1. The monoisotopic (exact) mass is 311 g/mol. The number of carbonyl (C=O) groups is 1. The quantitative estimate of drug-likeness (QED) is 0.757. The van der Waals surface area contributed by atoms with Crippen LogP contribution in [0.4, 0.5) is 16.8 Å². The Morgan fingerprint density at radius 3 is 2.64 bits per heavy atom. The molecule has 0 bridgehead atoms. The van der Waals surface area contributed by atoms with Crippen LogP contribution in [0.5, 0.6) is 0 Å². The number of aromatic nitrogens is 3. The Morgan fingerprint density at radius 1 is 1.09 bits per heavy atom. The lowest BCUT2D eigenvalue weighted by Gasteiger charge is -2.03. The molecule has 0 aliphatic rings. The fourth-order valence-corrected chi connectivity index (χ4v) is 2.50. The smallest absolute Gasteiger partial charge is 0.230 e. The maximum absolute atomic E-state index is 12.0. The van der Waals surface area contributed by atoms with E-state index in [-0.39, 0.29) is 12.3 Å². The molecule has 1 amide bonds. The standard InChI is InChI=1S/C15H13N5OS/c21-13(18-11-5-2-1-3-6-11)9-12-10-22-15(19-12)20-14-16-7-4-8-17-14/h1-8,10H,9H2,(H,18,21)(H,16,17,19,20). The molecular weight excluding hydrogens is 298 g/mol. The Balaban J connectivity index is 1.58. The van der Waals surface area contributed by atoms with Crippen LogP contribution >= 0.6 is 11.3 Å². The van der Waals surface area contributed by atoms with Crippen molar-refractivity contribution in [3.05, 3.63) is 59.9 Å². The van der Waals surface area contributed by atoms with Crippen molar-refractivity contribution < 1.29 is 4.79 Å². The molecule has 22 heavy (non-hydrogen) atoms. The molecule has 0 radical (unpaired) electrons. The third kappa shape index (κ3) is 3.86. The van der Waals surface area contributed by atoms with Crippen molar-refractivity contribution in [1.29, 1.82) is 0 Å². The van der Waals surface area contributed by atoms with Gasteiger partial charge in [0.1, 0.15) is 0 Å². The van der Waals surface area contributed by atoms with Crippen LogP contribution in [0, 0.1) is 0 Å². The molecule has 0 atom stereocenters. The van der Waals surface area contributed by atoms with Gasteiger partial charge in [0.15, 0.2) is 5.13 Å². The second kappa shape index (κ2) is 6.77. The van der Waals surface area contributed by atoms with Crippen molar-refractivity contribution in [2.24, 2.45) is 0 Å². The average molecular weight is 311 g/mol. The first-order valence-corrected chi connectivity index (χ1v) is 7.51. The van der Waals surface area contributed by atoms with Crippen LogP contribution in [0.3, 0.4) is 0 Å². The highest BCUT2D eigenvalue weighted by molar-refractivity contribution is 7.13. The van der Waals surface area contributed by atoms with Crippen LogP contribution in [0.25, 0.3) is 0 Å². The second-order valence-electron chi connectivity index (χ2n) is 4.43. The Kier molecular flexibility index (Phi) is 4.35. The van der Waals surface area contributed by atoms with Crippen molar-refractivity contribution in [3.63, 3.8) is 0 Å². The van der Waals surface area contributed by atoms with E-state index in [0.29, 0.717) is 16.8 Å². The highest BCUT2D eigenvalue weighted by Gasteiger charge is 2.08. The molecule has 0 aliphatic heterocycles. The molecule has 2 N–H and O–H groups in total. The summed E-state index contributed by atoms with van der Waals surface area (Å²) in [6, 6.07) is 11.1. The number of thiazole rings is 1. The number of rotatable bonds is 5. The molecule has 7 heteroatoms. The van der Waals surface area contributed by atoms with Crippen molar-refractivity contribution in [1.82, 2.24) is 15.0 Å². The predicted octanol–water partition coefficient (Wildman–Crippen LogP) is 2.86. The molecule has 1 aromatic carbocycles. The minimum absolute atomic E-state index is 0.0981. The number of nitrogens with one attached hydrogen (secondary N) is 2. The lowest BCUT2D eigenvalue weighted by atomic mass is 10.3. The first kappa shape index (κ1) is 14.2. The highest BCUT2D eigenvalue weighted by atomic mass is 32.1. The highest BCUT2D eigenvalue weighted by Crippen LogP contribution is 2.19. The molecule has 2 heterocycles. The number of carbonyl (C=O) groups excluding carboxylic acids is 1. The number of anilines is 3. The van der Waals surface area contributed by atoms with Crippen LogP contribution in [-0.4, -0.2) is 20.9 Å². The third-order valence-corrected chi connectivity index (χ3v) is 3.54. The predicted molar refractivity (Wildman–Crippen MR) is 86.2 cm³/mol. The van der Waals surface area contributed by atoms with Crippen LogP contribution in [0.1, 0.15) is 5.69 Å². The summed E-state index contributed by atoms with van der Waals surface area (Å²) >= 11 is 1.41. The van der Waals surface area contributed by atoms with E-state index in [2.05, 4.69) is 25.6 Å². The summed E-state index contributed by atoms with van der Waals surface area (Å²) in [4.78, 5) is 24.4. The number of para-hydroxylation sites is 1. The normalized spacial score (nSPS) is 10.2. The van der Waals surface area contributed by atoms with Gasteiger partial charge in [-0.15, -0.1) is 11.3 Å². The fourth-order valence-electron chi connectivity index (χ4n) is 1.80. The van der Waals surface area contributed by atoms with Crippen molar-refractivity contribution in [2.45, 2.75) is 6.42 Å². The summed E-state index contributed by atoms with van der Waals surface area (Å²) in [6.07, 6.45) is 3.52. The zero-order chi connectivity index (χ0) is 15.2. The van der Waals surface area contributed by atoms with E-state index in [1.54, 1.807) is 18.5 Å². The molecule has 6 nitrogen and oxygen atoms in total. The second-order valence-corrected chi connectivity index (χ2v) is 5.29. The molecule has 0 spiro atoms. The summed E-state index contributed by atoms with van der Waals surface area (Å²) in [5.41, 5.74) is 1.48. The van der Waals surface area contributed by atoms with Crippen molar-refractivity contribution >= 4 is 34.0 Å². The van der Waals surface area contributed by atoms with E-state index in [4.69, 9.17) is 0 Å². The first-order chi connectivity index (χ1) is 10.8. The Bertz CT molecular complexity index is 745. The van der Waals surface area contributed by atoms with Crippen LogP contribution in [-0.2, 0) is 11.2 Å². The Morgan fingerprint density at radius 2 is 1.86 bits per heavy atom. The SMILES string of the molecule is O=C(Cc1csc(Nc2ncccn2)n1)Nc1ccccc1. The number of nitrogens with zero attached hydrogens (tertiary/aromatic N) is 3. The fraction of sp³-hybridized carbons (Fsp3) is 0.0667. The van der Waals surface area contributed by atoms with E-state index < -0.39 is 0 Å². The van der Waals surface area contributed by atoms with Gasteiger partial charge in [-0.2, -0.15) is 0 Å². The van der Waals surface area contributed by atoms with E-state index in [9.17, 15) is 4.79 Å². The number of hydrogen-bond donors (Lipinski definition) is 2. The number of hydrogen-bond acceptors (Lipinski definition) is 6. The summed E-state index contributed by atoms with van der Waals surface area (Å²) in [6.45, 7) is 0. The summed E-state index contributed by atoms with van der Waals surface area (Å²) < 4.78 is 0. The molecule has 2 aromatic heterocycles. The summed E-state index contributed by atoms with van der Waals surface area (Å²) in [5, 5.41) is 8.33. The van der Waals surface area contributed by atoms with Gasteiger partial charge in [-0.25, -0.2) is 15.0 Å². The van der Waals surface area contributed by atoms with Crippen LogP contribution < -0.4 is 10.6 Å². The largest absolute Gasteiger partial charge is 0.326 e. The van der Waals surface area contributed by atoms with Gasteiger partial charge in [-0.05, 0) is 18.2 Å². The van der Waals surface area contributed by atoms with Gasteiger partial charge in [0.25, 0.3) is 0 Å². The topological polar surface area (TPSA) is 79.8 Å². The molecule has 0 unspecified atom stereocenters. The molecule has 0 saturated carbocycles. The lowest BCUT2D eigenvalue weighted by Crippen LogP contribution is -2.14. The van der Waals surface area contributed by atoms with Crippen molar-refractivity contribution in [2.75, 3.05) is 10.6 Å². The Hall–Kier alpha value is -2.80. The molecule has 110 valence electrons. The zero-order valence-electron chi connectivity index (χ0n) is 11.6. The number of benzene rings is 1. The van der Waals surface area contributed by atoms with Crippen LogP contribution in [0.15, 0.2) is 54.2 Å². The van der Waals surface area contributed by atoms with Gasteiger partial charge in [0.2, 0.25) is 11.9 Å². The van der Waals surface area contributed by atoms with Gasteiger partial charge < -0.3 is 10.6 Å². The first-order valence-electron chi connectivity index (χ1n) is 6.63.